The molecule has 0 radical (unpaired) electrons. The molecule has 11 aromatic rings. The van der Waals surface area contributed by atoms with Crippen LogP contribution in [-0.4, -0.2) is 0 Å². The van der Waals surface area contributed by atoms with Crippen molar-refractivity contribution in [2.75, 3.05) is 4.90 Å². The normalized spacial score (nSPS) is 15.0. The Hall–Kier alpha value is -7.78. The Bertz CT molecular complexity index is 3860. The molecule has 2 heteroatoms. The van der Waals surface area contributed by atoms with E-state index in [1.807, 2.05) is 11.3 Å². The minimum atomic E-state index is -0.450. The Balaban J connectivity index is 0.991. The van der Waals surface area contributed by atoms with Crippen LogP contribution in [0, 0.1) is 0 Å². The Morgan fingerprint density at radius 1 is 0.319 bits per heavy atom. The highest BCUT2D eigenvalue weighted by atomic mass is 32.1. The summed E-state index contributed by atoms with van der Waals surface area (Å²) in [4.78, 5) is 2.51. The van der Waals surface area contributed by atoms with Gasteiger partial charge in [-0.1, -0.05) is 222 Å². The number of fused-ring (bicyclic) bond motifs is 15. The van der Waals surface area contributed by atoms with Crippen molar-refractivity contribution in [1.82, 2.24) is 0 Å². The standard InChI is InChI=1S/C67H49NS/c1-65(2)53-27-10-8-21-46(53)47-40-39-45(41-60(47)65)68(44-37-35-43(36-38-44)42-19-6-5-7-20-42)61-34-18-26-51-50-25-16-24-49(63(50)69-64(51)61)48-23-17-33-59-62(48)52-22-9-11-28-54(52)67(59)57-31-14-12-29-55(57)66(3,4)56-30-13-15-32-58(56)67/h5-41H,1-4H3. The molecule has 3 aliphatic rings. The summed E-state index contributed by atoms with van der Waals surface area (Å²) < 4.78 is 2.58. The Morgan fingerprint density at radius 2 is 0.812 bits per heavy atom. The maximum Gasteiger partial charge on any atom is 0.0719 e. The Labute approximate surface area is 408 Å². The zero-order valence-corrected chi connectivity index (χ0v) is 40.0. The van der Waals surface area contributed by atoms with Gasteiger partial charge in [0.15, 0.2) is 0 Å². The van der Waals surface area contributed by atoms with E-state index < -0.39 is 5.41 Å². The highest BCUT2D eigenvalue weighted by Gasteiger charge is 2.53. The molecule has 0 amide bonds. The van der Waals surface area contributed by atoms with Gasteiger partial charge in [0.1, 0.15) is 0 Å². The molecule has 1 nitrogen and oxygen atoms in total. The van der Waals surface area contributed by atoms with Gasteiger partial charge in [-0.05, 0) is 114 Å². The smallest absolute Gasteiger partial charge is 0.0719 e. The van der Waals surface area contributed by atoms with Crippen molar-refractivity contribution < 1.29 is 0 Å². The fourth-order valence-electron chi connectivity index (χ4n) is 13.0. The predicted molar refractivity (Wildman–Crippen MR) is 292 cm³/mol. The number of thiophene rings is 1. The molecule has 14 rings (SSSR count). The van der Waals surface area contributed by atoms with Gasteiger partial charge in [0.25, 0.3) is 0 Å². The van der Waals surface area contributed by atoms with E-state index in [0.717, 1.165) is 11.4 Å². The number of anilines is 3. The maximum absolute atomic E-state index is 2.51. The second-order valence-electron chi connectivity index (χ2n) is 20.3. The lowest BCUT2D eigenvalue weighted by molar-refractivity contribution is 0.563. The average molecular weight is 900 g/mol. The molecule has 3 aliphatic carbocycles. The van der Waals surface area contributed by atoms with Crippen LogP contribution in [0.25, 0.3) is 64.7 Å². The molecular weight excluding hydrogens is 851 g/mol. The lowest BCUT2D eigenvalue weighted by Gasteiger charge is -2.46. The minimum absolute atomic E-state index is 0.131. The summed E-state index contributed by atoms with van der Waals surface area (Å²) in [5.41, 5.74) is 24.1. The van der Waals surface area contributed by atoms with E-state index in [9.17, 15) is 0 Å². The molecule has 10 aromatic carbocycles. The molecule has 69 heavy (non-hydrogen) atoms. The van der Waals surface area contributed by atoms with Gasteiger partial charge in [-0.3, -0.25) is 0 Å². The van der Waals surface area contributed by atoms with Crippen molar-refractivity contribution in [3.8, 4) is 44.5 Å². The molecule has 1 spiro atoms. The first-order chi connectivity index (χ1) is 33.8. The Kier molecular flexibility index (Phi) is 8.54. The summed E-state index contributed by atoms with van der Waals surface area (Å²) in [6.45, 7) is 9.55. The summed E-state index contributed by atoms with van der Waals surface area (Å²) in [5.74, 6) is 0. The second-order valence-corrected chi connectivity index (χ2v) is 21.3. The Morgan fingerprint density at radius 3 is 1.54 bits per heavy atom. The SMILES string of the molecule is CC1(C)c2ccccc2-c2ccc(N(c3ccc(-c4ccccc4)cc3)c3cccc4c3sc3c(-c5cccc6c5-c5ccccc5C65c6ccccc6C(C)(C)c6ccccc65)cccc34)cc21. The summed E-state index contributed by atoms with van der Waals surface area (Å²) >= 11 is 1.93. The first-order valence-corrected chi connectivity index (χ1v) is 25.2. The number of rotatable bonds is 5. The fourth-order valence-corrected chi connectivity index (χ4v) is 14.4. The third-order valence-corrected chi connectivity index (χ3v) is 17.4. The first kappa shape index (κ1) is 40.3. The van der Waals surface area contributed by atoms with Crippen LogP contribution < -0.4 is 4.90 Å². The number of hydrogen-bond acceptors (Lipinski definition) is 2. The highest BCUT2D eigenvalue weighted by molar-refractivity contribution is 7.27. The van der Waals surface area contributed by atoms with E-state index in [2.05, 4.69) is 257 Å². The van der Waals surface area contributed by atoms with Crippen molar-refractivity contribution in [1.29, 1.82) is 0 Å². The molecular formula is C67H49NS. The van der Waals surface area contributed by atoms with Gasteiger partial charge in [-0.15, -0.1) is 11.3 Å². The summed E-state index contributed by atoms with van der Waals surface area (Å²) in [6, 6.07) is 84.7. The van der Waals surface area contributed by atoms with Crippen LogP contribution in [-0.2, 0) is 16.2 Å². The van der Waals surface area contributed by atoms with Gasteiger partial charge in [-0.25, -0.2) is 0 Å². The van der Waals surface area contributed by atoms with Crippen LogP contribution in [0.2, 0.25) is 0 Å². The van der Waals surface area contributed by atoms with Crippen LogP contribution >= 0.6 is 11.3 Å². The van der Waals surface area contributed by atoms with Gasteiger partial charge in [0.2, 0.25) is 0 Å². The minimum Gasteiger partial charge on any atom is -0.309 e. The molecule has 328 valence electrons. The van der Waals surface area contributed by atoms with Gasteiger partial charge < -0.3 is 4.90 Å². The molecule has 1 heterocycles. The third-order valence-electron chi connectivity index (χ3n) is 16.2. The molecule has 0 bridgehead atoms. The van der Waals surface area contributed by atoms with Crippen molar-refractivity contribution >= 4 is 48.6 Å². The quantitative estimate of drug-likeness (QED) is 0.166. The summed E-state index contributed by atoms with van der Waals surface area (Å²) in [7, 11) is 0. The highest BCUT2D eigenvalue weighted by Crippen LogP contribution is 2.64. The average Bonchev–Trinajstić information content (AvgIpc) is 4.01. The fraction of sp³-hybridized carbons (Fsp3) is 0.104. The van der Waals surface area contributed by atoms with Crippen molar-refractivity contribution in [3.63, 3.8) is 0 Å². The monoisotopic (exact) mass is 899 g/mol. The summed E-state index contributed by atoms with van der Waals surface area (Å²) in [5, 5.41) is 2.56. The van der Waals surface area contributed by atoms with E-state index in [1.165, 1.54) is 115 Å². The largest absolute Gasteiger partial charge is 0.309 e. The predicted octanol–water partition coefficient (Wildman–Crippen LogP) is 18.2. The van der Waals surface area contributed by atoms with Gasteiger partial charge in [0.05, 0.1) is 15.8 Å². The van der Waals surface area contributed by atoms with Crippen LogP contribution in [0.15, 0.2) is 224 Å². The molecule has 0 saturated heterocycles. The van der Waals surface area contributed by atoms with Crippen molar-refractivity contribution in [2.24, 2.45) is 0 Å². The molecule has 0 aliphatic heterocycles. The van der Waals surface area contributed by atoms with Crippen molar-refractivity contribution in [3.05, 3.63) is 269 Å². The maximum atomic E-state index is 2.51. The lowest BCUT2D eigenvalue weighted by Crippen LogP contribution is -2.40. The number of nitrogens with zero attached hydrogens (tertiary/aromatic N) is 1. The van der Waals surface area contributed by atoms with E-state index in [1.54, 1.807) is 0 Å². The van der Waals surface area contributed by atoms with Gasteiger partial charge in [0, 0.05) is 43.2 Å². The molecule has 0 unspecified atom stereocenters. The zero-order valence-electron chi connectivity index (χ0n) is 39.2. The zero-order chi connectivity index (χ0) is 46.2. The van der Waals surface area contributed by atoms with Gasteiger partial charge in [-0.2, -0.15) is 0 Å². The van der Waals surface area contributed by atoms with E-state index in [-0.39, 0.29) is 10.8 Å². The van der Waals surface area contributed by atoms with Crippen LogP contribution in [0.5, 0.6) is 0 Å². The third kappa shape index (κ3) is 5.47. The summed E-state index contributed by atoms with van der Waals surface area (Å²) in [6.07, 6.45) is 0. The van der Waals surface area contributed by atoms with Gasteiger partial charge >= 0.3 is 0 Å². The van der Waals surface area contributed by atoms with Crippen molar-refractivity contribution in [2.45, 2.75) is 43.9 Å². The first-order valence-electron chi connectivity index (χ1n) is 24.3. The van der Waals surface area contributed by atoms with Crippen LogP contribution in [0.3, 0.4) is 0 Å². The molecule has 1 aromatic heterocycles. The van der Waals surface area contributed by atoms with E-state index in [0.29, 0.717) is 0 Å². The molecule has 0 atom stereocenters. The second kappa shape index (κ2) is 14.6. The number of hydrogen-bond donors (Lipinski definition) is 0. The molecule has 0 saturated carbocycles. The lowest BCUT2D eigenvalue weighted by atomic mass is 9.55. The topological polar surface area (TPSA) is 3.24 Å². The molecule has 0 N–H and O–H groups in total. The van der Waals surface area contributed by atoms with E-state index >= 15 is 0 Å². The molecule has 0 fully saturated rings. The van der Waals surface area contributed by atoms with Crippen LogP contribution in [0.1, 0.15) is 72.2 Å². The van der Waals surface area contributed by atoms with Crippen LogP contribution in [0.4, 0.5) is 17.1 Å². The number of benzene rings is 10. The van der Waals surface area contributed by atoms with E-state index in [4.69, 9.17) is 0 Å².